The molecule has 1 aliphatic heterocycles. The third-order valence-electron chi connectivity index (χ3n) is 4.54. The standard InChI is InChI=1S/C20H18N6O4/c21-11-15(10-14-3-5-16(27)6-4-14)20(28)25-8-9-29-17(12-25)13-30-26-19-18(23-24-26)2-1-7-22-19/h1-7,10,17,27H,8-9,12-13H2. The fraction of sp³-hybridized carbons (Fsp3) is 0.250. The highest BCUT2D eigenvalue weighted by atomic mass is 16.7. The maximum absolute atomic E-state index is 12.8. The highest BCUT2D eigenvalue weighted by Crippen LogP contribution is 2.15. The summed E-state index contributed by atoms with van der Waals surface area (Å²) in [6.45, 7) is 1.11. The van der Waals surface area contributed by atoms with Gasteiger partial charge in [0.25, 0.3) is 5.91 Å². The van der Waals surface area contributed by atoms with Crippen LogP contribution in [-0.4, -0.2) is 68.5 Å². The van der Waals surface area contributed by atoms with Gasteiger partial charge in [-0.2, -0.15) is 5.26 Å². The van der Waals surface area contributed by atoms with Crippen LogP contribution in [0.5, 0.6) is 5.75 Å². The lowest BCUT2D eigenvalue weighted by Gasteiger charge is -2.32. The largest absolute Gasteiger partial charge is 0.508 e. The number of amides is 1. The van der Waals surface area contributed by atoms with Gasteiger partial charge in [-0.3, -0.25) is 4.79 Å². The van der Waals surface area contributed by atoms with Gasteiger partial charge in [-0.25, -0.2) is 4.98 Å². The average molecular weight is 406 g/mol. The van der Waals surface area contributed by atoms with Gasteiger partial charge in [-0.1, -0.05) is 17.0 Å². The van der Waals surface area contributed by atoms with E-state index < -0.39 is 0 Å². The van der Waals surface area contributed by atoms with E-state index in [-0.39, 0.29) is 36.5 Å². The van der Waals surface area contributed by atoms with Gasteiger partial charge in [0.1, 0.15) is 35.6 Å². The molecule has 30 heavy (non-hydrogen) atoms. The number of rotatable bonds is 5. The highest BCUT2D eigenvalue weighted by molar-refractivity contribution is 6.01. The van der Waals surface area contributed by atoms with Crippen molar-refractivity contribution in [2.24, 2.45) is 0 Å². The van der Waals surface area contributed by atoms with Gasteiger partial charge in [0.15, 0.2) is 0 Å². The third kappa shape index (κ3) is 4.21. The van der Waals surface area contributed by atoms with Crippen molar-refractivity contribution in [1.82, 2.24) is 25.0 Å². The number of aromatic nitrogens is 4. The summed E-state index contributed by atoms with van der Waals surface area (Å²) in [5.74, 6) is -0.268. The van der Waals surface area contributed by atoms with Crippen molar-refractivity contribution in [2.75, 3.05) is 26.3 Å². The molecule has 152 valence electrons. The lowest BCUT2D eigenvalue weighted by molar-refractivity contribution is -0.137. The summed E-state index contributed by atoms with van der Waals surface area (Å²) < 4.78 is 5.68. The van der Waals surface area contributed by atoms with Gasteiger partial charge in [0, 0.05) is 12.7 Å². The Kier molecular flexibility index (Phi) is 5.54. The number of ether oxygens (including phenoxy) is 1. The molecule has 10 nitrogen and oxygen atoms in total. The lowest BCUT2D eigenvalue weighted by Crippen LogP contribution is -2.48. The van der Waals surface area contributed by atoms with Crippen LogP contribution in [0.2, 0.25) is 0 Å². The Morgan fingerprint density at radius 3 is 3.00 bits per heavy atom. The van der Waals surface area contributed by atoms with Gasteiger partial charge in [0.05, 0.1) is 13.2 Å². The maximum atomic E-state index is 12.8. The topological polar surface area (TPSA) is 126 Å². The fourth-order valence-electron chi connectivity index (χ4n) is 3.04. The Hall–Kier alpha value is -3.97. The number of aromatic hydroxyl groups is 1. The Morgan fingerprint density at radius 1 is 1.37 bits per heavy atom. The van der Waals surface area contributed by atoms with Crippen molar-refractivity contribution in [3.8, 4) is 11.8 Å². The van der Waals surface area contributed by atoms with Crippen LogP contribution in [0.25, 0.3) is 17.2 Å². The van der Waals surface area contributed by atoms with E-state index in [0.717, 1.165) is 0 Å². The van der Waals surface area contributed by atoms with Crippen molar-refractivity contribution >= 4 is 23.1 Å². The van der Waals surface area contributed by atoms with E-state index in [1.54, 1.807) is 35.4 Å². The predicted octanol–water partition coefficient (Wildman–Crippen LogP) is 0.795. The highest BCUT2D eigenvalue weighted by Gasteiger charge is 2.27. The van der Waals surface area contributed by atoms with Crippen LogP contribution >= 0.6 is 0 Å². The number of phenols is 1. The first-order valence-corrected chi connectivity index (χ1v) is 9.25. The van der Waals surface area contributed by atoms with Crippen molar-refractivity contribution in [1.29, 1.82) is 5.26 Å². The van der Waals surface area contributed by atoms with Gasteiger partial charge < -0.3 is 19.6 Å². The molecule has 0 saturated carbocycles. The van der Waals surface area contributed by atoms with E-state index in [1.165, 1.54) is 23.1 Å². The zero-order valence-corrected chi connectivity index (χ0v) is 15.9. The van der Waals surface area contributed by atoms with Crippen LogP contribution in [0.1, 0.15) is 5.56 Å². The number of phenolic OH excluding ortho intramolecular Hbond substituents is 1. The van der Waals surface area contributed by atoms with Crippen LogP contribution in [0.4, 0.5) is 0 Å². The van der Waals surface area contributed by atoms with E-state index in [9.17, 15) is 15.2 Å². The molecule has 3 heterocycles. The predicted molar refractivity (Wildman–Crippen MR) is 105 cm³/mol. The molecule has 1 aliphatic rings. The van der Waals surface area contributed by atoms with E-state index in [1.807, 2.05) is 6.07 Å². The van der Waals surface area contributed by atoms with E-state index in [0.29, 0.717) is 29.9 Å². The molecule has 0 spiro atoms. The second-order valence-electron chi connectivity index (χ2n) is 6.61. The molecular formula is C20H18N6O4. The van der Waals surface area contributed by atoms with Crippen molar-refractivity contribution in [3.63, 3.8) is 0 Å². The number of benzene rings is 1. The molecule has 1 unspecified atom stereocenters. The number of nitriles is 1. The monoisotopic (exact) mass is 406 g/mol. The molecule has 1 aromatic carbocycles. The van der Waals surface area contributed by atoms with Crippen LogP contribution in [0, 0.1) is 11.3 Å². The molecular weight excluding hydrogens is 388 g/mol. The van der Waals surface area contributed by atoms with Gasteiger partial charge in [-0.15, -0.1) is 5.10 Å². The smallest absolute Gasteiger partial charge is 0.264 e. The summed E-state index contributed by atoms with van der Waals surface area (Å²) in [6.07, 6.45) is 2.72. The number of nitrogens with zero attached hydrogens (tertiary/aromatic N) is 6. The minimum atomic E-state index is -0.390. The normalized spacial score (nSPS) is 17.0. The second kappa shape index (κ2) is 8.59. The first-order valence-electron chi connectivity index (χ1n) is 9.25. The van der Waals surface area contributed by atoms with Crippen LogP contribution < -0.4 is 4.84 Å². The molecule has 0 aliphatic carbocycles. The molecule has 10 heteroatoms. The minimum absolute atomic E-state index is 0.00808. The summed E-state index contributed by atoms with van der Waals surface area (Å²) >= 11 is 0. The van der Waals surface area contributed by atoms with Crippen LogP contribution in [0.15, 0.2) is 48.2 Å². The first kappa shape index (κ1) is 19.4. The van der Waals surface area contributed by atoms with Gasteiger partial charge >= 0.3 is 0 Å². The molecule has 1 fully saturated rings. The zero-order valence-electron chi connectivity index (χ0n) is 15.9. The molecule has 0 radical (unpaired) electrons. The number of morpholine rings is 1. The maximum Gasteiger partial charge on any atom is 0.264 e. The van der Waals surface area contributed by atoms with Crippen molar-refractivity contribution in [3.05, 3.63) is 53.7 Å². The van der Waals surface area contributed by atoms with Gasteiger partial charge in [-0.05, 0) is 41.1 Å². The summed E-state index contributed by atoms with van der Waals surface area (Å²) in [5.41, 5.74) is 1.76. The van der Waals surface area contributed by atoms with Crippen LogP contribution in [0.3, 0.4) is 0 Å². The number of hydrogen-bond acceptors (Lipinski definition) is 8. The Balaban J connectivity index is 1.40. The SMILES string of the molecule is N#CC(=Cc1ccc(O)cc1)C(=O)N1CCOC(COn2nnc3cccnc32)C1. The molecule has 1 N–H and O–H groups in total. The quantitative estimate of drug-likeness (QED) is 0.487. The molecule has 0 bridgehead atoms. The number of hydrogen-bond donors (Lipinski definition) is 1. The molecule has 1 amide bonds. The summed E-state index contributed by atoms with van der Waals surface area (Å²) in [4.78, 5) is 25.4. The van der Waals surface area contributed by atoms with Crippen molar-refractivity contribution in [2.45, 2.75) is 6.10 Å². The summed E-state index contributed by atoms with van der Waals surface area (Å²) in [7, 11) is 0. The van der Waals surface area contributed by atoms with E-state index in [4.69, 9.17) is 9.57 Å². The molecule has 1 saturated heterocycles. The van der Waals surface area contributed by atoms with E-state index in [2.05, 4.69) is 15.3 Å². The lowest BCUT2D eigenvalue weighted by atomic mass is 10.1. The first-order chi connectivity index (χ1) is 14.6. The number of carbonyl (C=O) groups excluding carboxylic acids is 1. The second-order valence-corrected chi connectivity index (χ2v) is 6.61. The summed E-state index contributed by atoms with van der Waals surface area (Å²) in [6, 6.07) is 11.7. The fourth-order valence-corrected chi connectivity index (χ4v) is 3.04. The Morgan fingerprint density at radius 2 is 2.20 bits per heavy atom. The van der Waals surface area contributed by atoms with Crippen LogP contribution in [-0.2, 0) is 9.53 Å². The van der Waals surface area contributed by atoms with Gasteiger partial charge in [0.2, 0.25) is 5.65 Å². The number of fused-ring (bicyclic) bond motifs is 1. The Labute approximate surface area is 171 Å². The Bertz CT molecular complexity index is 1120. The minimum Gasteiger partial charge on any atom is -0.508 e. The molecule has 4 rings (SSSR count). The molecule has 2 aromatic heterocycles. The average Bonchev–Trinajstić information content (AvgIpc) is 3.20. The summed E-state index contributed by atoms with van der Waals surface area (Å²) in [5, 5.41) is 26.7. The van der Waals surface area contributed by atoms with E-state index >= 15 is 0 Å². The zero-order chi connectivity index (χ0) is 20.9. The third-order valence-corrected chi connectivity index (χ3v) is 4.54. The number of pyridine rings is 1. The molecule has 1 atom stereocenters. The number of carbonyl (C=O) groups is 1. The van der Waals surface area contributed by atoms with Crippen molar-refractivity contribution < 1.29 is 19.5 Å². The molecule has 3 aromatic rings.